The molecule has 1 aromatic carbocycles. The number of nitrogens with two attached hydrogens (primary N) is 1. The highest BCUT2D eigenvalue weighted by Gasteiger charge is 2.16. The van der Waals surface area contributed by atoms with Gasteiger partial charge in [-0.15, -0.1) is 0 Å². The molecule has 0 atom stereocenters. The van der Waals surface area contributed by atoms with E-state index in [4.69, 9.17) is 5.73 Å². The topological polar surface area (TPSA) is 46.3 Å². The van der Waals surface area contributed by atoms with Crippen LogP contribution in [0.15, 0.2) is 18.2 Å². The van der Waals surface area contributed by atoms with Crippen molar-refractivity contribution in [2.75, 3.05) is 19.6 Å². The number of hydrogen-bond donors (Lipinski definition) is 1. The predicted molar refractivity (Wildman–Crippen MR) is 69.6 cm³/mol. The molecule has 0 fully saturated rings. The van der Waals surface area contributed by atoms with Crippen molar-refractivity contribution in [3.05, 3.63) is 35.1 Å². The fourth-order valence-electron chi connectivity index (χ4n) is 1.60. The van der Waals surface area contributed by atoms with Gasteiger partial charge in [-0.3, -0.25) is 4.79 Å². The molecule has 0 aliphatic carbocycles. The van der Waals surface area contributed by atoms with Gasteiger partial charge in [0.05, 0.1) is 12.1 Å². The summed E-state index contributed by atoms with van der Waals surface area (Å²) in [6, 6.07) is 4.36. The monoisotopic (exact) mass is 248 g/mol. The summed E-state index contributed by atoms with van der Waals surface area (Å²) in [4.78, 5) is 13.6. The van der Waals surface area contributed by atoms with Crippen molar-refractivity contribution < 1.29 is 9.18 Å². The Bertz CT molecular complexity index is 484. The van der Waals surface area contributed by atoms with Crippen LogP contribution in [0.25, 0.3) is 0 Å². The number of rotatable bonds is 3. The molecular weight excluding hydrogens is 231 g/mol. The molecule has 0 bridgehead atoms. The number of carbonyl (C=O) groups excluding carboxylic acids is 1. The zero-order chi connectivity index (χ0) is 13.5. The summed E-state index contributed by atoms with van der Waals surface area (Å²) < 4.78 is 13.8. The molecule has 1 aromatic rings. The summed E-state index contributed by atoms with van der Waals surface area (Å²) in [5, 5.41) is 0. The first kappa shape index (κ1) is 14.2. The summed E-state index contributed by atoms with van der Waals surface area (Å²) in [5.41, 5.74) is 5.84. The summed E-state index contributed by atoms with van der Waals surface area (Å²) in [6.45, 7) is 5.07. The third-order valence-corrected chi connectivity index (χ3v) is 2.58. The zero-order valence-corrected chi connectivity index (χ0v) is 10.7. The lowest BCUT2D eigenvalue weighted by molar-refractivity contribution is 0.0768. The van der Waals surface area contributed by atoms with Crippen LogP contribution in [-0.2, 0) is 0 Å². The number of amides is 1. The number of halogens is 1. The maximum Gasteiger partial charge on any atom is 0.256 e. The third kappa shape index (κ3) is 3.31. The van der Waals surface area contributed by atoms with Crippen LogP contribution in [0, 0.1) is 17.7 Å². The second-order valence-electron chi connectivity index (χ2n) is 3.68. The highest BCUT2D eigenvalue weighted by molar-refractivity contribution is 5.94. The van der Waals surface area contributed by atoms with Gasteiger partial charge in [0, 0.05) is 18.7 Å². The molecule has 2 N–H and O–H groups in total. The van der Waals surface area contributed by atoms with E-state index >= 15 is 0 Å². The summed E-state index contributed by atoms with van der Waals surface area (Å²) in [7, 11) is 0. The first-order valence-electron chi connectivity index (χ1n) is 5.91. The molecule has 0 spiro atoms. The Morgan fingerprint density at radius 2 is 2.06 bits per heavy atom. The van der Waals surface area contributed by atoms with Gasteiger partial charge in [-0.2, -0.15) is 0 Å². The van der Waals surface area contributed by atoms with Crippen LogP contribution in [0.2, 0.25) is 0 Å². The van der Waals surface area contributed by atoms with E-state index in [-0.39, 0.29) is 18.0 Å². The number of carbonyl (C=O) groups is 1. The van der Waals surface area contributed by atoms with Gasteiger partial charge in [-0.05, 0) is 32.0 Å². The Balaban J connectivity index is 3.02. The van der Waals surface area contributed by atoms with Gasteiger partial charge >= 0.3 is 0 Å². The van der Waals surface area contributed by atoms with E-state index in [0.29, 0.717) is 18.7 Å². The third-order valence-electron chi connectivity index (χ3n) is 2.58. The van der Waals surface area contributed by atoms with Crippen LogP contribution in [-0.4, -0.2) is 30.4 Å². The quantitative estimate of drug-likeness (QED) is 0.826. The minimum Gasteiger partial charge on any atom is -0.339 e. The van der Waals surface area contributed by atoms with Gasteiger partial charge in [0.2, 0.25) is 0 Å². The molecule has 1 amide bonds. The molecular formula is C14H17FN2O. The predicted octanol–water partition coefficient (Wildman–Crippen LogP) is 1.62. The number of nitrogens with zero attached hydrogens (tertiary/aromatic N) is 1. The molecule has 0 saturated carbocycles. The maximum atomic E-state index is 13.8. The molecule has 0 aliphatic heterocycles. The lowest BCUT2D eigenvalue weighted by Crippen LogP contribution is -2.31. The second-order valence-corrected chi connectivity index (χ2v) is 3.68. The van der Waals surface area contributed by atoms with E-state index < -0.39 is 5.82 Å². The summed E-state index contributed by atoms with van der Waals surface area (Å²) in [6.07, 6.45) is 0. The lowest BCUT2D eigenvalue weighted by Gasteiger charge is -2.18. The Kier molecular flexibility index (Phi) is 5.34. The summed E-state index contributed by atoms with van der Waals surface area (Å²) >= 11 is 0. The normalized spacial score (nSPS) is 9.56. The minimum absolute atomic E-state index is 0.0806. The van der Waals surface area contributed by atoms with Crippen LogP contribution in [0.5, 0.6) is 0 Å². The van der Waals surface area contributed by atoms with E-state index in [1.54, 1.807) is 11.0 Å². The van der Waals surface area contributed by atoms with Crippen LogP contribution >= 0.6 is 0 Å². The van der Waals surface area contributed by atoms with Crippen molar-refractivity contribution in [3.63, 3.8) is 0 Å². The number of hydrogen-bond acceptors (Lipinski definition) is 2. The first-order valence-corrected chi connectivity index (χ1v) is 5.91. The summed E-state index contributed by atoms with van der Waals surface area (Å²) in [5.74, 6) is 4.53. The Morgan fingerprint density at radius 1 is 1.39 bits per heavy atom. The van der Waals surface area contributed by atoms with Gasteiger partial charge in [0.1, 0.15) is 5.82 Å². The Labute approximate surface area is 107 Å². The molecule has 0 unspecified atom stereocenters. The molecule has 96 valence electrons. The van der Waals surface area contributed by atoms with E-state index in [1.165, 1.54) is 12.1 Å². The van der Waals surface area contributed by atoms with Gasteiger partial charge < -0.3 is 10.6 Å². The van der Waals surface area contributed by atoms with Gasteiger partial charge in [-0.1, -0.05) is 11.8 Å². The van der Waals surface area contributed by atoms with E-state index in [0.717, 1.165) is 0 Å². The van der Waals surface area contributed by atoms with E-state index in [2.05, 4.69) is 11.8 Å². The van der Waals surface area contributed by atoms with Gasteiger partial charge in [-0.25, -0.2) is 4.39 Å². The van der Waals surface area contributed by atoms with Crippen LogP contribution in [0.1, 0.15) is 29.8 Å². The molecule has 0 heterocycles. The molecule has 4 heteroatoms. The minimum atomic E-state index is -0.546. The molecule has 3 nitrogen and oxygen atoms in total. The fourth-order valence-corrected chi connectivity index (χ4v) is 1.60. The largest absolute Gasteiger partial charge is 0.339 e. The van der Waals surface area contributed by atoms with E-state index in [9.17, 15) is 9.18 Å². The Hall–Kier alpha value is -1.86. The van der Waals surface area contributed by atoms with Gasteiger partial charge in [0.15, 0.2) is 0 Å². The van der Waals surface area contributed by atoms with Crippen LogP contribution in [0.3, 0.4) is 0 Å². The lowest BCUT2D eigenvalue weighted by atomic mass is 10.1. The highest BCUT2D eigenvalue weighted by atomic mass is 19.1. The standard InChI is InChI=1S/C14H17FN2O/c1-3-17(4-2)14(18)12-8-7-11(6-5-9-16)10-13(12)15/h7-8,10H,3-4,9,16H2,1-2H3. The molecule has 0 saturated heterocycles. The Morgan fingerprint density at radius 3 is 2.56 bits per heavy atom. The molecule has 1 rings (SSSR count). The molecule has 0 aliphatic rings. The highest BCUT2D eigenvalue weighted by Crippen LogP contribution is 2.12. The molecule has 18 heavy (non-hydrogen) atoms. The van der Waals surface area contributed by atoms with Crippen molar-refractivity contribution in [2.45, 2.75) is 13.8 Å². The van der Waals surface area contributed by atoms with Crippen LogP contribution < -0.4 is 5.73 Å². The fraction of sp³-hybridized carbons (Fsp3) is 0.357. The number of benzene rings is 1. The van der Waals surface area contributed by atoms with Crippen molar-refractivity contribution >= 4 is 5.91 Å². The average Bonchev–Trinajstić information content (AvgIpc) is 2.37. The smallest absolute Gasteiger partial charge is 0.256 e. The van der Waals surface area contributed by atoms with Crippen LogP contribution in [0.4, 0.5) is 4.39 Å². The second kappa shape index (κ2) is 6.77. The average molecular weight is 248 g/mol. The van der Waals surface area contributed by atoms with Crippen molar-refractivity contribution in [1.29, 1.82) is 0 Å². The van der Waals surface area contributed by atoms with Crippen molar-refractivity contribution in [1.82, 2.24) is 4.90 Å². The van der Waals surface area contributed by atoms with Gasteiger partial charge in [0.25, 0.3) is 5.91 Å². The SMILES string of the molecule is CCN(CC)C(=O)c1ccc(C#CCN)cc1F. The van der Waals surface area contributed by atoms with Crippen molar-refractivity contribution in [2.24, 2.45) is 5.73 Å². The zero-order valence-electron chi connectivity index (χ0n) is 10.7. The molecule has 0 radical (unpaired) electrons. The first-order chi connectivity index (χ1) is 8.63. The molecule has 0 aromatic heterocycles. The maximum absolute atomic E-state index is 13.8. The van der Waals surface area contributed by atoms with Crippen molar-refractivity contribution in [3.8, 4) is 11.8 Å². The van der Waals surface area contributed by atoms with E-state index in [1.807, 2.05) is 13.8 Å².